The Morgan fingerprint density at radius 2 is 1.50 bits per heavy atom. The molecule has 3 nitrogen and oxygen atoms in total. The van der Waals surface area contributed by atoms with Crippen LogP contribution in [0.1, 0.15) is 75.6 Å². The molecule has 124 valence electrons. The highest BCUT2D eigenvalue weighted by Crippen LogP contribution is 2.30. The second kappa shape index (κ2) is 12.1. The zero-order chi connectivity index (χ0) is 16.0. The molecular formula is C19H30O3. The fourth-order valence-corrected chi connectivity index (χ4v) is 2.31. The molecule has 0 saturated carbocycles. The molecule has 0 heterocycles. The number of rotatable bonds is 13. The van der Waals surface area contributed by atoms with Crippen molar-refractivity contribution in [2.75, 3.05) is 13.2 Å². The summed E-state index contributed by atoms with van der Waals surface area (Å²) in [6, 6.07) is 5.50. The van der Waals surface area contributed by atoms with Gasteiger partial charge in [-0.15, -0.1) is 0 Å². The Morgan fingerprint density at radius 3 is 2.09 bits per heavy atom. The summed E-state index contributed by atoms with van der Waals surface area (Å²) in [6.07, 6.45) is 10.1. The Kier molecular flexibility index (Phi) is 10.2. The maximum absolute atomic E-state index is 11.2. The predicted octanol–water partition coefficient (Wildman–Crippen LogP) is 5.42. The first-order chi connectivity index (χ1) is 10.8. The molecule has 0 amide bonds. The minimum absolute atomic E-state index is 0.571. The molecule has 0 aliphatic carbocycles. The van der Waals surface area contributed by atoms with Crippen LogP contribution < -0.4 is 9.47 Å². The van der Waals surface area contributed by atoms with Crippen molar-refractivity contribution in [3.05, 3.63) is 23.8 Å². The molecule has 0 aliphatic rings. The monoisotopic (exact) mass is 306 g/mol. The van der Waals surface area contributed by atoms with Gasteiger partial charge >= 0.3 is 0 Å². The van der Waals surface area contributed by atoms with Crippen molar-refractivity contribution in [2.45, 2.75) is 65.2 Å². The molecule has 0 fully saturated rings. The lowest BCUT2D eigenvalue weighted by molar-refractivity contribution is 0.111. The van der Waals surface area contributed by atoms with Gasteiger partial charge in [-0.25, -0.2) is 0 Å². The van der Waals surface area contributed by atoms with Crippen molar-refractivity contribution in [3.8, 4) is 11.5 Å². The number of para-hydroxylation sites is 1. The molecule has 0 radical (unpaired) electrons. The first kappa shape index (κ1) is 18.5. The highest BCUT2D eigenvalue weighted by molar-refractivity contribution is 5.81. The van der Waals surface area contributed by atoms with E-state index in [0.29, 0.717) is 30.3 Å². The number of hydrogen-bond donors (Lipinski definition) is 0. The Balaban J connectivity index is 2.53. The molecule has 0 bridgehead atoms. The summed E-state index contributed by atoms with van der Waals surface area (Å²) >= 11 is 0. The predicted molar refractivity (Wildman–Crippen MR) is 91.1 cm³/mol. The lowest BCUT2D eigenvalue weighted by Crippen LogP contribution is -2.05. The molecule has 0 saturated heterocycles. The van der Waals surface area contributed by atoms with Gasteiger partial charge in [-0.2, -0.15) is 0 Å². The molecule has 1 rings (SSSR count). The Morgan fingerprint density at radius 1 is 0.864 bits per heavy atom. The number of carbonyl (C=O) groups excluding carboxylic acids is 1. The molecule has 0 spiro atoms. The van der Waals surface area contributed by atoms with Crippen molar-refractivity contribution in [1.29, 1.82) is 0 Å². The number of unbranched alkanes of at least 4 members (excludes halogenated alkanes) is 6. The summed E-state index contributed by atoms with van der Waals surface area (Å²) in [6.45, 7) is 5.69. The third-order valence-electron chi connectivity index (χ3n) is 3.64. The number of benzene rings is 1. The third kappa shape index (κ3) is 6.97. The summed E-state index contributed by atoms with van der Waals surface area (Å²) < 4.78 is 11.6. The van der Waals surface area contributed by atoms with E-state index in [1.165, 1.54) is 32.1 Å². The summed E-state index contributed by atoms with van der Waals surface area (Å²) in [7, 11) is 0. The highest BCUT2D eigenvalue weighted by atomic mass is 16.5. The van der Waals surface area contributed by atoms with Gasteiger partial charge in [-0.3, -0.25) is 4.79 Å². The van der Waals surface area contributed by atoms with E-state index in [0.717, 1.165) is 25.5 Å². The number of hydrogen-bond acceptors (Lipinski definition) is 3. The van der Waals surface area contributed by atoms with Crippen molar-refractivity contribution in [2.24, 2.45) is 0 Å². The van der Waals surface area contributed by atoms with Crippen molar-refractivity contribution in [3.63, 3.8) is 0 Å². The maximum Gasteiger partial charge on any atom is 0.171 e. The lowest BCUT2D eigenvalue weighted by atomic mass is 10.2. The van der Waals surface area contributed by atoms with E-state index in [1.54, 1.807) is 6.07 Å². The maximum atomic E-state index is 11.2. The highest BCUT2D eigenvalue weighted by Gasteiger charge is 2.10. The first-order valence-corrected chi connectivity index (χ1v) is 8.67. The van der Waals surface area contributed by atoms with E-state index in [4.69, 9.17) is 9.47 Å². The molecule has 0 atom stereocenters. The molecule has 0 aromatic heterocycles. The normalized spacial score (nSPS) is 10.5. The van der Waals surface area contributed by atoms with E-state index < -0.39 is 0 Å². The summed E-state index contributed by atoms with van der Waals surface area (Å²) in [5.41, 5.74) is 0.571. The smallest absolute Gasteiger partial charge is 0.171 e. The van der Waals surface area contributed by atoms with E-state index >= 15 is 0 Å². The van der Waals surface area contributed by atoms with Crippen LogP contribution in [0.2, 0.25) is 0 Å². The van der Waals surface area contributed by atoms with Gasteiger partial charge in [0.2, 0.25) is 0 Å². The zero-order valence-electron chi connectivity index (χ0n) is 14.1. The second-order valence-electron chi connectivity index (χ2n) is 5.61. The number of ether oxygens (including phenoxy) is 2. The number of carbonyl (C=O) groups is 1. The zero-order valence-corrected chi connectivity index (χ0v) is 14.1. The van der Waals surface area contributed by atoms with Gasteiger partial charge in [0.1, 0.15) is 0 Å². The van der Waals surface area contributed by atoms with Crippen LogP contribution in [0.3, 0.4) is 0 Å². The van der Waals surface area contributed by atoms with Crippen molar-refractivity contribution in [1.82, 2.24) is 0 Å². The minimum Gasteiger partial charge on any atom is -0.490 e. The van der Waals surface area contributed by atoms with E-state index in [1.807, 2.05) is 12.1 Å². The molecule has 0 N–H and O–H groups in total. The largest absolute Gasteiger partial charge is 0.490 e. The standard InChI is InChI=1S/C19H30O3/c1-3-5-7-9-14-21-18-13-11-12-17(16-20)19(18)22-15-10-8-6-4-2/h11-13,16H,3-10,14-15H2,1-2H3. The Bertz CT molecular complexity index is 415. The van der Waals surface area contributed by atoms with Crippen molar-refractivity contribution < 1.29 is 14.3 Å². The molecule has 1 aromatic rings. The quantitative estimate of drug-likeness (QED) is 0.361. The van der Waals surface area contributed by atoms with Crippen LogP contribution in [-0.2, 0) is 0 Å². The lowest BCUT2D eigenvalue weighted by Gasteiger charge is -2.14. The Labute approximate surface area is 135 Å². The van der Waals surface area contributed by atoms with Gasteiger partial charge in [-0.1, -0.05) is 58.4 Å². The second-order valence-corrected chi connectivity index (χ2v) is 5.61. The molecular weight excluding hydrogens is 276 g/mol. The van der Waals surface area contributed by atoms with Crippen LogP contribution >= 0.6 is 0 Å². The molecule has 3 heteroatoms. The van der Waals surface area contributed by atoms with Crippen molar-refractivity contribution >= 4 is 6.29 Å². The van der Waals surface area contributed by atoms with Gasteiger partial charge in [0.15, 0.2) is 17.8 Å². The topological polar surface area (TPSA) is 35.5 Å². The van der Waals surface area contributed by atoms with E-state index in [2.05, 4.69) is 13.8 Å². The first-order valence-electron chi connectivity index (χ1n) is 8.67. The molecule has 0 unspecified atom stereocenters. The summed E-state index contributed by atoms with van der Waals surface area (Å²) in [5.74, 6) is 1.29. The van der Waals surface area contributed by atoms with Crippen LogP contribution in [-0.4, -0.2) is 19.5 Å². The van der Waals surface area contributed by atoms with Gasteiger partial charge < -0.3 is 9.47 Å². The van der Waals surface area contributed by atoms with E-state index in [9.17, 15) is 4.79 Å². The van der Waals surface area contributed by atoms with Crippen LogP contribution in [0.15, 0.2) is 18.2 Å². The average Bonchev–Trinajstić information content (AvgIpc) is 2.55. The summed E-state index contributed by atoms with van der Waals surface area (Å²) in [5, 5.41) is 0. The van der Waals surface area contributed by atoms with Crippen LogP contribution in [0.4, 0.5) is 0 Å². The number of aldehydes is 1. The third-order valence-corrected chi connectivity index (χ3v) is 3.64. The molecule has 0 aliphatic heterocycles. The Hall–Kier alpha value is -1.51. The fraction of sp³-hybridized carbons (Fsp3) is 0.632. The van der Waals surface area contributed by atoms with Gasteiger partial charge in [-0.05, 0) is 25.0 Å². The van der Waals surface area contributed by atoms with E-state index in [-0.39, 0.29) is 0 Å². The minimum atomic E-state index is 0.571. The van der Waals surface area contributed by atoms with Crippen LogP contribution in [0, 0.1) is 0 Å². The van der Waals surface area contributed by atoms with Crippen LogP contribution in [0.5, 0.6) is 11.5 Å². The van der Waals surface area contributed by atoms with Crippen LogP contribution in [0.25, 0.3) is 0 Å². The van der Waals surface area contributed by atoms with Gasteiger partial charge in [0, 0.05) is 0 Å². The SMILES string of the molecule is CCCCCCOc1cccc(C=O)c1OCCCCCC. The molecule has 22 heavy (non-hydrogen) atoms. The van der Waals surface area contributed by atoms with Gasteiger partial charge in [0.25, 0.3) is 0 Å². The average molecular weight is 306 g/mol. The fourth-order valence-electron chi connectivity index (χ4n) is 2.31. The van der Waals surface area contributed by atoms with Gasteiger partial charge in [0.05, 0.1) is 18.8 Å². The summed E-state index contributed by atoms with van der Waals surface area (Å²) in [4.78, 5) is 11.2. The molecule has 1 aromatic carbocycles.